The third kappa shape index (κ3) is 2.04. The van der Waals surface area contributed by atoms with Crippen molar-refractivity contribution < 1.29 is 23.9 Å². The minimum atomic E-state index is -1.87. The van der Waals surface area contributed by atoms with Gasteiger partial charge in [0.25, 0.3) is 0 Å². The summed E-state index contributed by atoms with van der Waals surface area (Å²) in [5.41, 5.74) is 4.83. The second-order valence-corrected chi connectivity index (χ2v) is 7.36. The lowest BCUT2D eigenvalue weighted by molar-refractivity contribution is -0.120. The standard InChI is InChI=1S/C23H15N3O5/c1-26-16-6-4-3-5-14(16)23(22(26)29)15(10-24)21(25)31-20-17(23)18(27)13-9-11(30-2)7-8-12(13)19(20)28/h3-9H,25H2,1-2H3/t23-/m1/s1. The third-order valence-electron chi connectivity index (χ3n) is 5.99. The number of fused-ring (bicyclic) bond motifs is 4. The molecule has 152 valence electrons. The number of para-hydroxylation sites is 1. The molecule has 2 aromatic carbocycles. The molecule has 2 aliphatic heterocycles. The van der Waals surface area contributed by atoms with Crippen LogP contribution in [0.5, 0.6) is 5.75 Å². The van der Waals surface area contributed by atoms with Crippen molar-refractivity contribution in [2.45, 2.75) is 5.41 Å². The number of nitrogens with two attached hydrogens (primary N) is 1. The summed E-state index contributed by atoms with van der Waals surface area (Å²) in [5, 5.41) is 9.96. The molecular weight excluding hydrogens is 398 g/mol. The second-order valence-electron chi connectivity index (χ2n) is 7.36. The molecule has 1 aliphatic carbocycles. The van der Waals surface area contributed by atoms with Crippen LogP contribution < -0.4 is 15.4 Å². The summed E-state index contributed by atoms with van der Waals surface area (Å²) in [6.07, 6.45) is 0. The van der Waals surface area contributed by atoms with E-state index >= 15 is 0 Å². The Kier molecular flexibility index (Phi) is 3.64. The molecule has 1 atom stereocenters. The molecule has 0 unspecified atom stereocenters. The number of hydrogen-bond donors (Lipinski definition) is 1. The maximum absolute atomic E-state index is 13.8. The summed E-state index contributed by atoms with van der Waals surface area (Å²) in [7, 11) is 2.98. The van der Waals surface area contributed by atoms with Crippen LogP contribution in [0.4, 0.5) is 5.69 Å². The fourth-order valence-electron chi connectivity index (χ4n) is 4.60. The lowest BCUT2D eigenvalue weighted by Gasteiger charge is -2.37. The van der Waals surface area contributed by atoms with Crippen molar-refractivity contribution in [3.63, 3.8) is 0 Å². The van der Waals surface area contributed by atoms with Crippen LogP contribution in [0.3, 0.4) is 0 Å². The first-order valence-electron chi connectivity index (χ1n) is 9.36. The largest absolute Gasteiger partial charge is 0.497 e. The summed E-state index contributed by atoms with van der Waals surface area (Å²) >= 11 is 0. The number of nitriles is 1. The van der Waals surface area contributed by atoms with E-state index in [1.165, 1.54) is 24.1 Å². The molecule has 0 saturated heterocycles. The Balaban J connectivity index is 1.90. The van der Waals surface area contributed by atoms with Gasteiger partial charge in [-0.05, 0) is 24.3 Å². The third-order valence-corrected chi connectivity index (χ3v) is 5.99. The molecule has 2 aromatic rings. The van der Waals surface area contributed by atoms with Crippen LogP contribution in [-0.2, 0) is 14.9 Å². The van der Waals surface area contributed by atoms with Crippen LogP contribution in [-0.4, -0.2) is 31.6 Å². The van der Waals surface area contributed by atoms with E-state index in [4.69, 9.17) is 15.2 Å². The molecule has 0 fully saturated rings. The maximum Gasteiger partial charge on any atom is 0.247 e. The molecule has 0 saturated carbocycles. The highest BCUT2D eigenvalue weighted by Crippen LogP contribution is 2.55. The first-order valence-corrected chi connectivity index (χ1v) is 9.36. The number of carbonyl (C=O) groups excluding carboxylic acids is 3. The molecule has 2 N–H and O–H groups in total. The molecule has 2 heterocycles. The number of Topliss-reactive ketones (excluding diaryl/α,β-unsaturated/α-hetero) is 2. The SMILES string of the molecule is COc1ccc2c(c1)C(=O)C1=C(OC(N)=C(C#N)[C@@]13C(=O)N(C)c1ccccc13)C2=O. The highest BCUT2D eigenvalue weighted by molar-refractivity contribution is 6.32. The van der Waals surface area contributed by atoms with E-state index in [9.17, 15) is 19.6 Å². The quantitative estimate of drug-likeness (QED) is 0.758. The van der Waals surface area contributed by atoms with E-state index in [0.29, 0.717) is 17.0 Å². The summed E-state index contributed by atoms with van der Waals surface area (Å²) in [6.45, 7) is 0. The fraction of sp³-hybridized carbons (Fsp3) is 0.130. The summed E-state index contributed by atoms with van der Waals surface area (Å²) < 4.78 is 10.7. The van der Waals surface area contributed by atoms with Gasteiger partial charge in [0.05, 0.1) is 12.7 Å². The monoisotopic (exact) mass is 413 g/mol. The van der Waals surface area contributed by atoms with E-state index in [1.807, 2.05) is 6.07 Å². The predicted octanol–water partition coefficient (Wildman–Crippen LogP) is 1.97. The highest BCUT2D eigenvalue weighted by atomic mass is 16.5. The van der Waals surface area contributed by atoms with Crippen LogP contribution in [0.2, 0.25) is 0 Å². The number of ketones is 2. The van der Waals surface area contributed by atoms with Gasteiger partial charge < -0.3 is 20.1 Å². The molecule has 31 heavy (non-hydrogen) atoms. The van der Waals surface area contributed by atoms with Crippen LogP contribution in [0, 0.1) is 11.3 Å². The highest BCUT2D eigenvalue weighted by Gasteiger charge is 2.63. The molecule has 3 aliphatic rings. The maximum atomic E-state index is 13.8. The van der Waals surface area contributed by atoms with Crippen molar-refractivity contribution >= 4 is 23.2 Å². The van der Waals surface area contributed by atoms with Gasteiger partial charge in [0.2, 0.25) is 17.6 Å². The minimum absolute atomic E-state index is 0.0728. The number of methoxy groups -OCH3 is 1. The van der Waals surface area contributed by atoms with E-state index in [1.54, 1.807) is 37.4 Å². The van der Waals surface area contributed by atoms with Crippen LogP contribution in [0.1, 0.15) is 26.3 Å². The number of likely N-dealkylation sites (N-methyl/N-ethyl adjacent to an activating group) is 1. The zero-order valence-electron chi connectivity index (χ0n) is 16.6. The van der Waals surface area contributed by atoms with Crippen molar-refractivity contribution in [1.29, 1.82) is 5.26 Å². The molecule has 1 spiro atoms. The number of rotatable bonds is 1. The van der Waals surface area contributed by atoms with E-state index < -0.39 is 22.9 Å². The van der Waals surface area contributed by atoms with Crippen LogP contribution >= 0.6 is 0 Å². The molecule has 0 aromatic heterocycles. The normalized spacial score (nSPS) is 21.6. The molecule has 5 rings (SSSR count). The van der Waals surface area contributed by atoms with Crippen molar-refractivity contribution in [3.8, 4) is 11.8 Å². The second kappa shape index (κ2) is 6.06. The smallest absolute Gasteiger partial charge is 0.247 e. The van der Waals surface area contributed by atoms with E-state index in [0.717, 1.165) is 0 Å². The Morgan fingerprint density at radius 3 is 2.55 bits per heavy atom. The predicted molar refractivity (Wildman–Crippen MR) is 108 cm³/mol. The number of ether oxygens (including phenoxy) is 2. The minimum Gasteiger partial charge on any atom is -0.497 e. The van der Waals surface area contributed by atoms with Gasteiger partial charge in [-0.2, -0.15) is 5.26 Å². The number of amides is 1. The lowest BCUT2D eigenvalue weighted by atomic mass is 9.64. The van der Waals surface area contributed by atoms with Gasteiger partial charge in [0.1, 0.15) is 22.8 Å². The van der Waals surface area contributed by atoms with Gasteiger partial charge in [-0.3, -0.25) is 14.4 Å². The number of allylic oxidation sites excluding steroid dienone is 1. The first kappa shape index (κ1) is 18.6. The number of hydrogen-bond acceptors (Lipinski definition) is 7. The van der Waals surface area contributed by atoms with Crippen molar-refractivity contribution in [1.82, 2.24) is 0 Å². The first-order chi connectivity index (χ1) is 14.9. The number of anilines is 1. The molecular formula is C23H15N3O5. The molecule has 8 nitrogen and oxygen atoms in total. The number of benzene rings is 2. The number of nitrogens with zero attached hydrogens (tertiary/aromatic N) is 2. The Labute approximate surface area is 176 Å². The van der Waals surface area contributed by atoms with E-state index in [2.05, 4.69) is 0 Å². The Morgan fingerprint density at radius 1 is 1.10 bits per heavy atom. The molecule has 1 amide bonds. The summed E-state index contributed by atoms with van der Waals surface area (Å²) in [6, 6.07) is 13.2. The Morgan fingerprint density at radius 2 is 1.84 bits per heavy atom. The Hall–Kier alpha value is -4.38. The van der Waals surface area contributed by atoms with Crippen molar-refractivity contribution in [2.75, 3.05) is 19.1 Å². The zero-order chi connectivity index (χ0) is 22.1. The molecule has 0 radical (unpaired) electrons. The Bertz CT molecular complexity index is 1350. The average Bonchev–Trinajstić information content (AvgIpc) is 3.00. The topological polar surface area (TPSA) is 123 Å². The van der Waals surface area contributed by atoms with Gasteiger partial charge in [-0.25, -0.2) is 0 Å². The van der Waals surface area contributed by atoms with Gasteiger partial charge in [0, 0.05) is 29.4 Å². The van der Waals surface area contributed by atoms with Crippen LogP contribution in [0.25, 0.3) is 0 Å². The van der Waals surface area contributed by atoms with Crippen molar-refractivity contribution in [2.24, 2.45) is 5.73 Å². The average molecular weight is 413 g/mol. The lowest BCUT2D eigenvalue weighted by Crippen LogP contribution is -2.49. The fourth-order valence-corrected chi connectivity index (χ4v) is 4.60. The molecule has 8 heteroatoms. The molecule has 0 bridgehead atoms. The van der Waals surface area contributed by atoms with E-state index in [-0.39, 0.29) is 33.9 Å². The van der Waals surface area contributed by atoms with Gasteiger partial charge >= 0.3 is 0 Å². The summed E-state index contributed by atoms with van der Waals surface area (Å²) in [4.78, 5) is 42.1. The zero-order valence-corrected chi connectivity index (χ0v) is 16.6. The van der Waals surface area contributed by atoms with Gasteiger partial charge in [0.15, 0.2) is 11.5 Å². The van der Waals surface area contributed by atoms with Gasteiger partial charge in [-0.15, -0.1) is 0 Å². The van der Waals surface area contributed by atoms with Crippen molar-refractivity contribution in [3.05, 3.63) is 81.9 Å². The number of carbonyl (C=O) groups is 3. The van der Waals surface area contributed by atoms with Gasteiger partial charge in [-0.1, -0.05) is 18.2 Å². The van der Waals surface area contributed by atoms with Crippen LogP contribution in [0.15, 0.2) is 65.3 Å². The summed E-state index contributed by atoms with van der Waals surface area (Å²) in [5.74, 6) is -2.08.